The van der Waals surface area contributed by atoms with Crippen LogP contribution in [0.25, 0.3) is 0 Å². The van der Waals surface area contributed by atoms with Crippen LogP contribution in [0.1, 0.15) is 25.7 Å². The van der Waals surface area contributed by atoms with Crippen LogP contribution in [0.4, 0.5) is 5.82 Å². The Balaban J connectivity index is 1.64. The number of hydrogen-bond acceptors (Lipinski definition) is 3. The Morgan fingerprint density at radius 3 is 3.06 bits per heavy atom. The minimum Gasteiger partial charge on any atom is -0.369 e. The molecule has 0 spiro atoms. The van der Waals surface area contributed by atoms with Crippen LogP contribution in [-0.4, -0.2) is 16.5 Å². The third-order valence-electron chi connectivity index (χ3n) is 4.21. The number of aromatic amines is 1. The fourth-order valence-electron chi connectivity index (χ4n) is 3.36. The van der Waals surface area contributed by atoms with Crippen LogP contribution < -0.4 is 10.9 Å². The average Bonchev–Trinajstić information content (AvgIpc) is 2.93. The average molecular weight is 298 g/mol. The molecule has 2 fully saturated rings. The third kappa shape index (κ3) is 2.12. The Labute approximate surface area is 108 Å². The van der Waals surface area contributed by atoms with Crippen LogP contribution in [0.5, 0.6) is 0 Å². The lowest BCUT2D eigenvalue weighted by molar-refractivity contribution is 0.348. The summed E-state index contributed by atoms with van der Waals surface area (Å²) in [5.41, 5.74) is -0.129. The van der Waals surface area contributed by atoms with Crippen molar-refractivity contribution in [3.8, 4) is 0 Å². The number of halogens is 1. The van der Waals surface area contributed by atoms with Crippen LogP contribution in [-0.2, 0) is 0 Å². The molecule has 4 nitrogen and oxygen atoms in total. The van der Waals surface area contributed by atoms with Crippen LogP contribution >= 0.6 is 15.9 Å². The topological polar surface area (TPSA) is 57.8 Å². The molecule has 2 aliphatic carbocycles. The van der Waals surface area contributed by atoms with Gasteiger partial charge in [-0.1, -0.05) is 6.42 Å². The van der Waals surface area contributed by atoms with Crippen molar-refractivity contribution in [2.45, 2.75) is 25.7 Å². The van der Waals surface area contributed by atoms with E-state index in [1.807, 2.05) is 0 Å². The van der Waals surface area contributed by atoms with E-state index in [2.05, 4.69) is 31.2 Å². The highest BCUT2D eigenvalue weighted by molar-refractivity contribution is 9.10. The van der Waals surface area contributed by atoms with Crippen LogP contribution in [0.15, 0.2) is 15.6 Å². The SMILES string of the molecule is O=c1[nH]cnc(NCC2CC3CCC2C3)c1Br. The molecule has 0 saturated heterocycles. The Morgan fingerprint density at radius 1 is 1.47 bits per heavy atom. The Hall–Kier alpha value is -0.840. The van der Waals surface area contributed by atoms with E-state index < -0.39 is 0 Å². The standard InChI is InChI=1S/C12H16BrN3O/c13-10-11(15-6-16-12(10)17)14-5-9-4-7-1-2-8(9)3-7/h6-9H,1-5H2,(H2,14,15,16,17). The van der Waals surface area contributed by atoms with Gasteiger partial charge in [-0.3, -0.25) is 4.79 Å². The largest absolute Gasteiger partial charge is 0.369 e. The maximum atomic E-state index is 11.4. The molecular formula is C12H16BrN3O. The van der Waals surface area contributed by atoms with Crippen LogP contribution in [0, 0.1) is 17.8 Å². The first kappa shape index (κ1) is 11.3. The molecule has 2 bridgehead atoms. The molecule has 0 radical (unpaired) electrons. The van der Waals surface area contributed by atoms with E-state index in [0.29, 0.717) is 10.3 Å². The van der Waals surface area contributed by atoms with Gasteiger partial charge in [0.1, 0.15) is 10.3 Å². The highest BCUT2D eigenvalue weighted by Gasteiger charge is 2.39. The number of nitrogens with one attached hydrogen (secondary N) is 2. The minimum atomic E-state index is -0.129. The Kier molecular flexibility index (Phi) is 2.94. The second-order valence-electron chi connectivity index (χ2n) is 5.21. The maximum Gasteiger partial charge on any atom is 0.267 e. The van der Waals surface area contributed by atoms with Gasteiger partial charge in [0.25, 0.3) is 5.56 Å². The zero-order valence-electron chi connectivity index (χ0n) is 9.58. The maximum absolute atomic E-state index is 11.4. The Bertz CT molecular complexity index is 473. The molecule has 17 heavy (non-hydrogen) atoms. The summed E-state index contributed by atoms with van der Waals surface area (Å²) in [6, 6.07) is 0. The molecule has 5 heteroatoms. The van der Waals surface area contributed by atoms with Crippen molar-refractivity contribution in [2.75, 3.05) is 11.9 Å². The van der Waals surface area contributed by atoms with Crippen molar-refractivity contribution in [1.82, 2.24) is 9.97 Å². The monoisotopic (exact) mass is 297 g/mol. The number of aromatic nitrogens is 2. The van der Waals surface area contributed by atoms with Crippen molar-refractivity contribution in [3.05, 3.63) is 21.2 Å². The number of nitrogens with zero attached hydrogens (tertiary/aromatic N) is 1. The summed E-state index contributed by atoms with van der Waals surface area (Å²) >= 11 is 3.26. The third-order valence-corrected chi connectivity index (χ3v) is 4.95. The van der Waals surface area contributed by atoms with Gasteiger partial charge in [0.15, 0.2) is 0 Å². The zero-order valence-corrected chi connectivity index (χ0v) is 11.2. The van der Waals surface area contributed by atoms with Crippen molar-refractivity contribution < 1.29 is 0 Å². The predicted molar refractivity (Wildman–Crippen MR) is 70.0 cm³/mol. The van der Waals surface area contributed by atoms with Gasteiger partial charge in [-0.05, 0) is 52.9 Å². The fraction of sp³-hybridized carbons (Fsp3) is 0.667. The van der Waals surface area contributed by atoms with E-state index in [1.54, 1.807) is 0 Å². The minimum absolute atomic E-state index is 0.129. The van der Waals surface area contributed by atoms with Crippen LogP contribution in [0.3, 0.4) is 0 Å². The molecule has 1 aromatic heterocycles. The number of hydrogen-bond donors (Lipinski definition) is 2. The second-order valence-corrected chi connectivity index (χ2v) is 6.00. The van der Waals surface area contributed by atoms with E-state index in [-0.39, 0.29) is 5.56 Å². The van der Waals surface area contributed by atoms with E-state index in [0.717, 1.165) is 24.3 Å². The lowest BCUT2D eigenvalue weighted by Gasteiger charge is -2.22. The lowest BCUT2D eigenvalue weighted by atomic mass is 9.89. The van der Waals surface area contributed by atoms with E-state index in [4.69, 9.17) is 0 Å². The molecule has 0 amide bonds. The molecule has 0 aliphatic heterocycles. The molecular weight excluding hydrogens is 282 g/mol. The van der Waals surface area contributed by atoms with E-state index >= 15 is 0 Å². The first-order valence-electron chi connectivity index (χ1n) is 6.21. The molecule has 0 aromatic carbocycles. The summed E-state index contributed by atoms with van der Waals surface area (Å²) in [6.07, 6.45) is 7.01. The molecule has 3 rings (SSSR count). The van der Waals surface area contributed by atoms with Gasteiger partial charge < -0.3 is 10.3 Å². The number of H-pyrrole nitrogens is 1. The summed E-state index contributed by atoms with van der Waals surface area (Å²) in [4.78, 5) is 18.1. The van der Waals surface area contributed by atoms with Gasteiger partial charge in [0.2, 0.25) is 0 Å². The van der Waals surface area contributed by atoms with Crippen molar-refractivity contribution in [2.24, 2.45) is 17.8 Å². The van der Waals surface area contributed by atoms with Gasteiger partial charge in [-0.2, -0.15) is 0 Å². The molecule has 1 aromatic rings. The predicted octanol–water partition coefficient (Wildman–Crippen LogP) is 2.38. The van der Waals surface area contributed by atoms with E-state index in [9.17, 15) is 4.79 Å². The second kappa shape index (κ2) is 4.44. The lowest BCUT2D eigenvalue weighted by Crippen LogP contribution is -2.22. The number of rotatable bonds is 3. The molecule has 2 aliphatic rings. The van der Waals surface area contributed by atoms with Gasteiger partial charge in [-0.25, -0.2) is 4.98 Å². The summed E-state index contributed by atoms with van der Waals surface area (Å²) < 4.78 is 0.503. The van der Waals surface area contributed by atoms with Gasteiger partial charge in [-0.15, -0.1) is 0 Å². The Morgan fingerprint density at radius 2 is 2.35 bits per heavy atom. The van der Waals surface area contributed by atoms with Crippen molar-refractivity contribution in [3.63, 3.8) is 0 Å². The van der Waals surface area contributed by atoms with Crippen molar-refractivity contribution in [1.29, 1.82) is 0 Å². The molecule has 1 heterocycles. The molecule has 3 atom stereocenters. The van der Waals surface area contributed by atoms with E-state index in [1.165, 1.54) is 32.0 Å². The first-order valence-corrected chi connectivity index (χ1v) is 7.00. The molecule has 92 valence electrons. The molecule has 3 unspecified atom stereocenters. The fourth-order valence-corrected chi connectivity index (χ4v) is 3.72. The van der Waals surface area contributed by atoms with Gasteiger partial charge in [0.05, 0.1) is 6.33 Å². The number of anilines is 1. The summed E-state index contributed by atoms with van der Waals surface area (Å²) in [6.45, 7) is 0.941. The van der Waals surface area contributed by atoms with Gasteiger partial charge in [0, 0.05) is 6.54 Å². The summed E-state index contributed by atoms with van der Waals surface area (Å²) in [5, 5.41) is 3.30. The summed E-state index contributed by atoms with van der Waals surface area (Å²) in [5.74, 6) is 3.29. The van der Waals surface area contributed by atoms with Crippen LogP contribution in [0.2, 0.25) is 0 Å². The first-order chi connectivity index (χ1) is 8.24. The highest BCUT2D eigenvalue weighted by Crippen LogP contribution is 2.48. The normalized spacial score (nSPS) is 30.8. The highest BCUT2D eigenvalue weighted by atomic mass is 79.9. The zero-order chi connectivity index (χ0) is 11.8. The van der Waals surface area contributed by atoms with Gasteiger partial charge >= 0.3 is 0 Å². The number of fused-ring (bicyclic) bond motifs is 2. The van der Waals surface area contributed by atoms with Crippen molar-refractivity contribution >= 4 is 21.7 Å². The quantitative estimate of drug-likeness (QED) is 0.901. The summed E-state index contributed by atoms with van der Waals surface area (Å²) in [7, 11) is 0. The molecule has 2 saturated carbocycles. The molecule has 2 N–H and O–H groups in total. The smallest absolute Gasteiger partial charge is 0.267 e.